The van der Waals surface area contributed by atoms with Crippen LogP contribution in [0.1, 0.15) is 38.6 Å². The van der Waals surface area contributed by atoms with E-state index in [1.54, 1.807) is 7.11 Å². The highest BCUT2D eigenvalue weighted by atomic mass is 16.5. The predicted molar refractivity (Wildman–Crippen MR) is 81.4 cm³/mol. The van der Waals surface area contributed by atoms with Gasteiger partial charge in [-0.05, 0) is 25.0 Å². The zero-order chi connectivity index (χ0) is 14.1. The number of benzene rings is 1. The van der Waals surface area contributed by atoms with Crippen LogP contribution in [0.3, 0.4) is 0 Å². The van der Waals surface area contributed by atoms with Crippen LogP contribution in [0.4, 0.5) is 0 Å². The minimum Gasteiger partial charge on any atom is -0.497 e. The van der Waals surface area contributed by atoms with Crippen molar-refractivity contribution >= 4 is 11.0 Å². The number of nitrogens with zero attached hydrogens (tertiary/aromatic N) is 2. The molecule has 1 aromatic heterocycles. The molecule has 0 bridgehead atoms. The lowest BCUT2D eigenvalue weighted by atomic mass is 10.3. The quantitative estimate of drug-likeness (QED) is 0.879. The molecule has 2 aromatic rings. The van der Waals surface area contributed by atoms with Gasteiger partial charge in [0, 0.05) is 31.1 Å². The molecule has 1 aromatic carbocycles. The van der Waals surface area contributed by atoms with E-state index in [0.29, 0.717) is 12.1 Å². The Morgan fingerprint density at radius 2 is 2.20 bits per heavy atom. The summed E-state index contributed by atoms with van der Waals surface area (Å²) in [6.07, 6.45) is 3.54. The summed E-state index contributed by atoms with van der Waals surface area (Å²) in [7, 11) is 1.70. The normalized spacial score (nSPS) is 15.2. The third-order valence-electron chi connectivity index (χ3n) is 3.78. The lowest BCUT2D eigenvalue weighted by Crippen LogP contribution is -2.25. The Bertz CT molecular complexity index is 599. The average Bonchev–Trinajstić information content (AvgIpc) is 3.19. The monoisotopic (exact) mass is 273 g/mol. The summed E-state index contributed by atoms with van der Waals surface area (Å²) in [5.41, 5.74) is 2.30. The number of imidazole rings is 1. The Hall–Kier alpha value is -1.55. The van der Waals surface area contributed by atoms with Gasteiger partial charge in [-0.1, -0.05) is 13.8 Å². The van der Waals surface area contributed by atoms with Gasteiger partial charge in [-0.3, -0.25) is 0 Å². The van der Waals surface area contributed by atoms with Gasteiger partial charge in [0.2, 0.25) is 0 Å². The van der Waals surface area contributed by atoms with Gasteiger partial charge in [0.1, 0.15) is 11.6 Å². The summed E-state index contributed by atoms with van der Waals surface area (Å²) in [5, 5.41) is 3.47. The van der Waals surface area contributed by atoms with Crippen molar-refractivity contribution < 1.29 is 4.74 Å². The van der Waals surface area contributed by atoms with Crippen molar-refractivity contribution in [2.24, 2.45) is 0 Å². The molecule has 0 atom stereocenters. The molecule has 4 heteroatoms. The third kappa shape index (κ3) is 2.66. The summed E-state index contributed by atoms with van der Waals surface area (Å²) in [6, 6.07) is 7.38. The fourth-order valence-corrected chi connectivity index (χ4v) is 2.64. The first-order valence-electron chi connectivity index (χ1n) is 7.47. The molecule has 3 rings (SSSR count). The minimum absolute atomic E-state index is 0.522. The zero-order valence-corrected chi connectivity index (χ0v) is 12.5. The molecule has 1 heterocycles. The van der Waals surface area contributed by atoms with Crippen molar-refractivity contribution in [3.63, 3.8) is 0 Å². The van der Waals surface area contributed by atoms with E-state index in [0.717, 1.165) is 24.2 Å². The summed E-state index contributed by atoms with van der Waals surface area (Å²) >= 11 is 0. The molecular formula is C16H23N3O. The van der Waals surface area contributed by atoms with Crippen LogP contribution in [0.2, 0.25) is 0 Å². The lowest BCUT2D eigenvalue weighted by Gasteiger charge is -2.10. The van der Waals surface area contributed by atoms with E-state index < -0.39 is 0 Å². The number of nitrogens with one attached hydrogen (secondary N) is 1. The van der Waals surface area contributed by atoms with E-state index >= 15 is 0 Å². The second-order valence-corrected chi connectivity index (χ2v) is 5.84. The largest absolute Gasteiger partial charge is 0.497 e. The molecule has 108 valence electrons. The highest BCUT2D eigenvalue weighted by molar-refractivity contribution is 5.78. The molecule has 0 unspecified atom stereocenters. The molecule has 0 saturated heterocycles. The number of methoxy groups -OCH3 is 1. The molecule has 0 radical (unpaired) electrons. The first-order valence-corrected chi connectivity index (χ1v) is 7.47. The number of fused-ring (bicyclic) bond motifs is 1. The van der Waals surface area contributed by atoms with Crippen LogP contribution >= 0.6 is 0 Å². The Morgan fingerprint density at radius 3 is 2.85 bits per heavy atom. The Morgan fingerprint density at radius 1 is 1.40 bits per heavy atom. The summed E-state index contributed by atoms with van der Waals surface area (Å²) in [5.74, 6) is 2.08. The maximum absolute atomic E-state index is 5.30. The van der Waals surface area contributed by atoms with Gasteiger partial charge >= 0.3 is 0 Å². The molecule has 0 aliphatic heterocycles. The van der Waals surface area contributed by atoms with Crippen molar-refractivity contribution in [3.05, 3.63) is 24.0 Å². The molecule has 1 aliphatic carbocycles. The van der Waals surface area contributed by atoms with Crippen molar-refractivity contribution in [2.75, 3.05) is 13.7 Å². The molecule has 20 heavy (non-hydrogen) atoms. The smallest absolute Gasteiger partial charge is 0.121 e. The fourth-order valence-electron chi connectivity index (χ4n) is 2.64. The van der Waals surface area contributed by atoms with E-state index in [1.807, 2.05) is 12.1 Å². The number of rotatable bonds is 6. The lowest BCUT2D eigenvalue weighted by molar-refractivity contribution is 0.415. The van der Waals surface area contributed by atoms with Crippen LogP contribution in [0, 0.1) is 0 Å². The van der Waals surface area contributed by atoms with E-state index in [1.165, 1.54) is 24.2 Å². The van der Waals surface area contributed by atoms with E-state index in [-0.39, 0.29) is 0 Å². The third-order valence-corrected chi connectivity index (χ3v) is 3.78. The Labute approximate surface area is 120 Å². The SMILES string of the molecule is COc1ccc2c(c1)nc(CCNC(C)C)n2C1CC1. The molecule has 1 saturated carbocycles. The number of hydrogen-bond donors (Lipinski definition) is 1. The van der Waals surface area contributed by atoms with Crippen molar-refractivity contribution in [1.82, 2.24) is 14.9 Å². The van der Waals surface area contributed by atoms with Gasteiger partial charge in [0.25, 0.3) is 0 Å². The topological polar surface area (TPSA) is 39.1 Å². The predicted octanol–water partition coefficient (Wildman–Crippen LogP) is 2.92. The highest BCUT2D eigenvalue weighted by Gasteiger charge is 2.28. The van der Waals surface area contributed by atoms with Crippen LogP contribution < -0.4 is 10.1 Å². The van der Waals surface area contributed by atoms with Crippen LogP contribution in [-0.4, -0.2) is 29.2 Å². The van der Waals surface area contributed by atoms with Crippen LogP contribution in [-0.2, 0) is 6.42 Å². The second kappa shape index (κ2) is 5.44. The van der Waals surface area contributed by atoms with E-state index in [9.17, 15) is 0 Å². The van der Waals surface area contributed by atoms with Gasteiger partial charge in [0.15, 0.2) is 0 Å². The van der Waals surface area contributed by atoms with Gasteiger partial charge < -0.3 is 14.6 Å². The maximum atomic E-state index is 5.30. The van der Waals surface area contributed by atoms with Crippen LogP contribution in [0.5, 0.6) is 5.75 Å². The van der Waals surface area contributed by atoms with Crippen molar-refractivity contribution in [2.45, 2.75) is 45.2 Å². The van der Waals surface area contributed by atoms with E-state index in [4.69, 9.17) is 9.72 Å². The molecule has 0 spiro atoms. The van der Waals surface area contributed by atoms with Crippen LogP contribution in [0.15, 0.2) is 18.2 Å². The summed E-state index contributed by atoms with van der Waals surface area (Å²) < 4.78 is 7.73. The van der Waals surface area contributed by atoms with E-state index in [2.05, 4.69) is 29.8 Å². The minimum atomic E-state index is 0.522. The average molecular weight is 273 g/mol. The molecule has 1 aliphatic rings. The second-order valence-electron chi connectivity index (χ2n) is 5.84. The molecule has 0 amide bonds. The number of ether oxygens (including phenoxy) is 1. The summed E-state index contributed by atoms with van der Waals surface area (Å²) in [6.45, 7) is 5.33. The molecule has 1 N–H and O–H groups in total. The molecular weight excluding hydrogens is 250 g/mol. The maximum Gasteiger partial charge on any atom is 0.121 e. The standard InChI is InChI=1S/C16H23N3O/c1-11(2)17-9-8-16-18-14-10-13(20-3)6-7-15(14)19(16)12-4-5-12/h6-7,10-12,17H,4-5,8-9H2,1-3H3. The van der Waals surface area contributed by atoms with Gasteiger partial charge in [-0.25, -0.2) is 4.98 Å². The first-order chi connectivity index (χ1) is 9.69. The van der Waals surface area contributed by atoms with Gasteiger partial charge in [-0.15, -0.1) is 0 Å². The highest BCUT2D eigenvalue weighted by Crippen LogP contribution is 2.39. The zero-order valence-electron chi connectivity index (χ0n) is 12.5. The van der Waals surface area contributed by atoms with Crippen LogP contribution in [0.25, 0.3) is 11.0 Å². The van der Waals surface area contributed by atoms with Gasteiger partial charge in [-0.2, -0.15) is 0 Å². The fraction of sp³-hybridized carbons (Fsp3) is 0.562. The van der Waals surface area contributed by atoms with Crippen molar-refractivity contribution in [1.29, 1.82) is 0 Å². The Balaban J connectivity index is 1.91. The van der Waals surface area contributed by atoms with Crippen molar-refractivity contribution in [3.8, 4) is 5.75 Å². The first kappa shape index (κ1) is 13.4. The van der Waals surface area contributed by atoms with Gasteiger partial charge in [0.05, 0.1) is 18.1 Å². The number of hydrogen-bond acceptors (Lipinski definition) is 3. The molecule has 1 fully saturated rings. The Kier molecular flexibility index (Phi) is 3.66. The number of aromatic nitrogens is 2. The summed E-state index contributed by atoms with van der Waals surface area (Å²) in [4.78, 5) is 4.82. The molecule has 4 nitrogen and oxygen atoms in total.